The monoisotopic (exact) mass is 539 g/mol. The van der Waals surface area contributed by atoms with Crippen LogP contribution in [0.5, 0.6) is 5.75 Å². The Kier molecular flexibility index (Phi) is 10.6. The minimum absolute atomic E-state index is 0.0971. The summed E-state index contributed by atoms with van der Waals surface area (Å²) in [5.41, 5.74) is 0.516. The maximum Gasteiger partial charge on any atom is 0.408 e. The average Bonchev–Trinajstić information content (AvgIpc) is 2.84. The van der Waals surface area contributed by atoms with E-state index in [9.17, 15) is 19.5 Å². The van der Waals surface area contributed by atoms with E-state index in [1.54, 1.807) is 39.8 Å². The van der Waals surface area contributed by atoms with Crippen LogP contribution in [0.2, 0.25) is 0 Å². The Labute approximate surface area is 233 Å². The number of nitrogens with one attached hydrogen (secondary N) is 2. The third kappa shape index (κ3) is 9.01. The molecule has 0 radical (unpaired) electrons. The lowest BCUT2D eigenvalue weighted by Gasteiger charge is -2.44. The van der Waals surface area contributed by atoms with Gasteiger partial charge in [-0.3, -0.25) is 9.59 Å². The highest BCUT2D eigenvalue weighted by atomic mass is 16.6. The molecule has 39 heavy (non-hydrogen) atoms. The molecule has 0 aliphatic heterocycles. The van der Waals surface area contributed by atoms with Crippen LogP contribution in [-0.4, -0.2) is 45.1 Å². The van der Waals surface area contributed by atoms with Crippen molar-refractivity contribution in [1.29, 1.82) is 0 Å². The van der Waals surface area contributed by atoms with Crippen LogP contribution in [0.15, 0.2) is 48.5 Å². The van der Waals surface area contributed by atoms with Gasteiger partial charge < -0.3 is 25.4 Å². The molecule has 8 nitrogen and oxygen atoms in total. The standard InChI is InChI=1S/C31H45N3O5/c1-10-20(2)25(33-29(38)39-31(7,8)9)28(37)34(30(4,5)6)26(23-16-17-24(35)21(3)18-23)27(36)32-19-22-14-12-11-13-15-22/h11-18,20,25-26,35H,10,19H2,1-9H3,(H,32,36)(H,33,38). The molecule has 214 valence electrons. The fourth-order valence-corrected chi connectivity index (χ4v) is 4.26. The van der Waals surface area contributed by atoms with Crippen LogP contribution in [0.4, 0.5) is 4.79 Å². The van der Waals surface area contributed by atoms with Gasteiger partial charge in [-0.25, -0.2) is 4.79 Å². The first-order valence-electron chi connectivity index (χ1n) is 13.5. The fourth-order valence-electron chi connectivity index (χ4n) is 4.26. The van der Waals surface area contributed by atoms with Gasteiger partial charge in [0.05, 0.1) is 0 Å². The van der Waals surface area contributed by atoms with Gasteiger partial charge in [-0.1, -0.05) is 56.7 Å². The van der Waals surface area contributed by atoms with Crippen molar-refractivity contribution in [2.45, 2.75) is 98.5 Å². The van der Waals surface area contributed by atoms with Crippen LogP contribution < -0.4 is 10.6 Å². The number of hydrogen-bond donors (Lipinski definition) is 3. The maximum atomic E-state index is 14.4. The number of rotatable bonds is 9. The molecule has 0 saturated heterocycles. The smallest absolute Gasteiger partial charge is 0.408 e. The normalized spacial score (nSPS) is 14.1. The summed E-state index contributed by atoms with van der Waals surface area (Å²) in [6, 6.07) is 12.5. The van der Waals surface area contributed by atoms with Crippen LogP contribution in [0.1, 0.15) is 84.5 Å². The van der Waals surface area contributed by atoms with Crippen LogP contribution in [0, 0.1) is 12.8 Å². The van der Waals surface area contributed by atoms with Gasteiger partial charge in [-0.05, 0) is 83.2 Å². The highest BCUT2D eigenvalue weighted by Gasteiger charge is 2.43. The van der Waals surface area contributed by atoms with Gasteiger partial charge in [0, 0.05) is 12.1 Å². The molecule has 2 aromatic rings. The second-order valence-electron chi connectivity index (χ2n) is 12.0. The molecule has 0 fully saturated rings. The van der Waals surface area contributed by atoms with E-state index < -0.39 is 35.2 Å². The largest absolute Gasteiger partial charge is 0.508 e. The van der Waals surface area contributed by atoms with Crippen molar-refractivity contribution in [1.82, 2.24) is 15.5 Å². The number of amides is 3. The second-order valence-corrected chi connectivity index (χ2v) is 12.0. The Hall–Kier alpha value is -3.55. The molecule has 0 spiro atoms. The molecule has 0 aliphatic carbocycles. The van der Waals surface area contributed by atoms with Gasteiger partial charge in [0.2, 0.25) is 11.8 Å². The Balaban J connectivity index is 2.57. The molecule has 0 saturated carbocycles. The number of benzene rings is 2. The minimum Gasteiger partial charge on any atom is -0.508 e. The predicted octanol–water partition coefficient (Wildman–Crippen LogP) is 5.62. The summed E-state index contributed by atoms with van der Waals surface area (Å²) in [6.07, 6.45) is -0.0755. The van der Waals surface area contributed by atoms with E-state index in [-0.39, 0.29) is 24.1 Å². The molecule has 0 aliphatic rings. The highest BCUT2D eigenvalue weighted by molar-refractivity contribution is 5.93. The summed E-state index contributed by atoms with van der Waals surface area (Å²) in [5, 5.41) is 15.9. The van der Waals surface area contributed by atoms with Crippen molar-refractivity contribution in [3.8, 4) is 5.75 Å². The van der Waals surface area contributed by atoms with Gasteiger partial charge in [0.25, 0.3) is 0 Å². The van der Waals surface area contributed by atoms with Crippen LogP contribution in [-0.2, 0) is 20.9 Å². The molecule has 0 aromatic heterocycles. The van der Waals surface area contributed by atoms with E-state index in [1.807, 2.05) is 65.0 Å². The lowest BCUT2D eigenvalue weighted by Crippen LogP contribution is -2.60. The number of aromatic hydroxyl groups is 1. The van der Waals surface area contributed by atoms with Crippen molar-refractivity contribution < 1.29 is 24.2 Å². The molecule has 2 rings (SSSR count). The number of phenols is 1. The average molecular weight is 540 g/mol. The zero-order chi connectivity index (χ0) is 29.5. The minimum atomic E-state index is -1.02. The number of aryl methyl sites for hydroxylation is 1. The van der Waals surface area contributed by atoms with Gasteiger partial charge in [0.15, 0.2) is 0 Å². The number of nitrogens with zero attached hydrogens (tertiary/aromatic N) is 1. The number of ether oxygens (including phenoxy) is 1. The van der Waals surface area contributed by atoms with E-state index >= 15 is 0 Å². The summed E-state index contributed by atoms with van der Waals surface area (Å²) < 4.78 is 5.46. The molecular weight excluding hydrogens is 494 g/mol. The van der Waals surface area contributed by atoms with Crippen LogP contribution >= 0.6 is 0 Å². The summed E-state index contributed by atoms with van der Waals surface area (Å²) in [5.74, 6) is -0.898. The summed E-state index contributed by atoms with van der Waals surface area (Å²) >= 11 is 0. The van der Waals surface area contributed by atoms with Crippen LogP contribution in [0.25, 0.3) is 0 Å². The molecule has 8 heteroatoms. The lowest BCUT2D eigenvalue weighted by atomic mass is 9.91. The number of alkyl carbamates (subject to hydrolysis) is 1. The number of phenolic OH excluding ortho intramolecular Hbond substituents is 1. The van der Waals surface area contributed by atoms with Gasteiger partial charge >= 0.3 is 6.09 Å². The van der Waals surface area contributed by atoms with Crippen molar-refractivity contribution in [2.75, 3.05) is 0 Å². The number of carbonyl (C=O) groups is 3. The summed E-state index contributed by atoms with van der Waals surface area (Å²) in [7, 11) is 0. The molecular formula is C31H45N3O5. The van der Waals surface area contributed by atoms with E-state index in [4.69, 9.17) is 4.74 Å². The molecule has 0 bridgehead atoms. The second kappa shape index (κ2) is 13.0. The Morgan fingerprint density at radius 1 is 1.00 bits per heavy atom. The van der Waals surface area contributed by atoms with E-state index in [0.29, 0.717) is 17.5 Å². The number of carbonyl (C=O) groups excluding carboxylic acids is 3. The van der Waals surface area contributed by atoms with E-state index in [2.05, 4.69) is 10.6 Å². The first-order valence-corrected chi connectivity index (χ1v) is 13.5. The van der Waals surface area contributed by atoms with Crippen molar-refractivity contribution in [3.05, 3.63) is 65.2 Å². The molecule has 2 aromatic carbocycles. The van der Waals surface area contributed by atoms with Gasteiger partial charge in [0.1, 0.15) is 23.4 Å². The van der Waals surface area contributed by atoms with Crippen molar-refractivity contribution in [3.63, 3.8) is 0 Å². The molecule has 3 atom stereocenters. The molecule has 3 N–H and O–H groups in total. The summed E-state index contributed by atoms with van der Waals surface area (Å²) in [4.78, 5) is 42.6. The van der Waals surface area contributed by atoms with Gasteiger partial charge in [-0.15, -0.1) is 0 Å². The van der Waals surface area contributed by atoms with E-state index in [0.717, 1.165) is 5.56 Å². The van der Waals surface area contributed by atoms with Crippen LogP contribution in [0.3, 0.4) is 0 Å². The van der Waals surface area contributed by atoms with Crippen molar-refractivity contribution in [2.24, 2.45) is 5.92 Å². The first-order chi connectivity index (χ1) is 18.0. The Morgan fingerprint density at radius 2 is 1.62 bits per heavy atom. The highest BCUT2D eigenvalue weighted by Crippen LogP contribution is 2.33. The molecule has 0 heterocycles. The lowest BCUT2D eigenvalue weighted by molar-refractivity contribution is -0.149. The number of hydrogen-bond acceptors (Lipinski definition) is 5. The SMILES string of the molecule is CCC(C)C(NC(=O)OC(C)(C)C)C(=O)N(C(C(=O)NCc1ccccc1)c1ccc(O)c(C)c1)C(C)(C)C. The molecule has 3 amide bonds. The quantitative estimate of drug-likeness (QED) is 0.383. The Morgan fingerprint density at radius 3 is 2.13 bits per heavy atom. The third-order valence-corrected chi connectivity index (χ3v) is 6.46. The maximum absolute atomic E-state index is 14.4. The zero-order valence-corrected chi connectivity index (χ0v) is 24.8. The topological polar surface area (TPSA) is 108 Å². The summed E-state index contributed by atoms with van der Waals surface area (Å²) in [6.45, 7) is 16.7. The first kappa shape index (κ1) is 31.7. The fraction of sp³-hybridized carbons (Fsp3) is 0.516. The molecule has 3 unspecified atom stereocenters. The predicted molar refractivity (Wildman–Crippen MR) is 153 cm³/mol. The van der Waals surface area contributed by atoms with E-state index in [1.165, 1.54) is 11.0 Å². The third-order valence-electron chi connectivity index (χ3n) is 6.46. The zero-order valence-electron chi connectivity index (χ0n) is 24.8. The van der Waals surface area contributed by atoms with Crippen molar-refractivity contribution >= 4 is 17.9 Å². The van der Waals surface area contributed by atoms with Gasteiger partial charge in [-0.2, -0.15) is 0 Å². The Bertz CT molecular complexity index is 1140.